The summed E-state index contributed by atoms with van der Waals surface area (Å²) in [7, 11) is 1.93. The second kappa shape index (κ2) is 7.00. The molecule has 1 aliphatic carbocycles. The van der Waals surface area contributed by atoms with Crippen LogP contribution < -0.4 is 5.32 Å². The van der Waals surface area contributed by atoms with E-state index in [1.807, 2.05) is 23.9 Å². The Morgan fingerprint density at radius 3 is 2.72 bits per heavy atom. The SMILES string of the molecule is Cn1cnc(CNC(=O)c2ccc3c(c2)CCN(C2CCC2)CC3)c1. The Labute approximate surface area is 149 Å². The molecule has 5 heteroatoms. The molecule has 25 heavy (non-hydrogen) atoms. The highest BCUT2D eigenvalue weighted by molar-refractivity contribution is 5.94. The molecule has 4 rings (SSSR count). The molecule has 1 aromatic heterocycles. The second-order valence-electron chi connectivity index (χ2n) is 7.32. The van der Waals surface area contributed by atoms with E-state index in [1.54, 1.807) is 6.33 Å². The van der Waals surface area contributed by atoms with Crippen molar-refractivity contribution in [3.63, 3.8) is 0 Å². The first-order chi connectivity index (χ1) is 12.2. The molecule has 0 bridgehead atoms. The van der Waals surface area contributed by atoms with Gasteiger partial charge in [0, 0.05) is 37.9 Å². The maximum Gasteiger partial charge on any atom is 0.251 e. The molecule has 0 spiro atoms. The summed E-state index contributed by atoms with van der Waals surface area (Å²) in [5, 5.41) is 2.97. The molecule has 1 aliphatic heterocycles. The minimum atomic E-state index is -0.0199. The summed E-state index contributed by atoms with van der Waals surface area (Å²) in [4.78, 5) is 19.4. The summed E-state index contributed by atoms with van der Waals surface area (Å²) in [5.74, 6) is -0.0199. The number of benzene rings is 1. The second-order valence-corrected chi connectivity index (χ2v) is 7.32. The lowest BCUT2D eigenvalue weighted by molar-refractivity contribution is 0.0950. The molecule has 1 amide bonds. The number of aromatic nitrogens is 2. The van der Waals surface area contributed by atoms with Crippen LogP contribution >= 0.6 is 0 Å². The lowest BCUT2D eigenvalue weighted by Gasteiger charge is -2.36. The van der Waals surface area contributed by atoms with E-state index >= 15 is 0 Å². The van der Waals surface area contributed by atoms with Gasteiger partial charge in [-0.3, -0.25) is 9.69 Å². The summed E-state index contributed by atoms with van der Waals surface area (Å²) < 4.78 is 1.89. The molecule has 0 atom stereocenters. The summed E-state index contributed by atoms with van der Waals surface area (Å²) in [6, 6.07) is 7.00. The standard InChI is InChI=1S/C20H26N4O/c1-23-13-18(22-14-23)12-21-20(25)17-6-5-15-7-9-24(19-3-2-4-19)10-8-16(15)11-17/h5-6,11,13-14,19H,2-4,7-10,12H2,1H3,(H,21,25). The van der Waals surface area contributed by atoms with Gasteiger partial charge in [-0.2, -0.15) is 0 Å². The largest absolute Gasteiger partial charge is 0.346 e. The number of imidazole rings is 1. The number of fused-ring (bicyclic) bond motifs is 1. The van der Waals surface area contributed by atoms with Gasteiger partial charge in [-0.15, -0.1) is 0 Å². The van der Waals surface area contributed by atoms with Gasteiger partial charge in [0.05, 0.1) is 18.6 Å². The van der Waals surface area contributed by atoms with Crippen LogP contribution in [0.15, 0.2) is 30.7 Å². The molecule has 1 saturated carbocycles. The number of aryl methyl sites for hydroxylation is 1. The van der Waals surface area contributed by atoms with Crippen molar-refractivity contribution in [3.05, 3.63) is 53.1 Å². The topological polar surface area (TPSA) is 50.2 Å². The van der Waals surface area contributed by atoms with Gasteiger partial charge in [0.2, 0.25) is 0 Å². The molecule has 5 nitrogen and oxygen atoms in total. The smallest absolute Gasteiger partial charge is 0.251 e. The molecule has 2 heterocycles. The summed E-state index contributed by atoms with van der Waals surface area (Å²) in [6.07, 6.45) is 9.92. The van der Waals surface area contributed by atoms with Crippen molar-refractivity contribution in [2.75, 3.05) is 13.1 Å². The summed E-state index contributed by atoms with van der Waals surface area (Å²) >= 11 is 0. The molecule has 2 aromatic rings. The van der Waals surface area contributed by atoms with Gasteiger partial charge in [-0.05, 0) is 48.9 Å². The zero-order chi connectivity index (χ0) is 17.2. The Morgan fingerprint density at radius 2 is 2.04 bits per heavy atom. The van der Waals surface area contributed by atoms with Gasteiger partial charge in [-0.25, -0.2) is 4.98 Å². The molecule has 132 valence electrons. The molecular weight excluding hydrogens is 312 g/mol. The lowest BCUT2D eigenvalue weighted by atomic mass is 9.91. The van der Waals surface area contributed by atoms with E-state index in [2.05, 4.69) is 27.3 Å². The quantitative estimate of drug-likeness (QED) is 0.931. The molecular formula is C20H26N4O. The number of nitrogens with one attached hydrogen (secondary N) is 1. The predicted molar refractivity (Wildman–Crippen MR) is 97.4 cm³/mol. The zero-order valence-corrected chi connectivity index (χ0v) is 14.9. The number of rotatable bonds is 4. The number of hydrogen-bond acceptors (Lipinski definition) is 3. The minimum absolute atomic E-state index is 0.0199. The fraction of sp³-hybridized carbons (Fsp3) is 0.500. The zero-order valence-electron chi connectivity index (χ0n) is 14.9. The Bertz CT molecular complexity index is 763. The van der Waals surface area contributed by atoms with Crippen LogP contribution in [0.25, 0.3) is 0 Å². The van der Waals surface area contributed by atoms with Crippen LogP contribution in [-0.4, -0.2) is 39.5 Å². The van der Waals surface area contributed by atoms with E-state index in [0.717, 1.165) is 43.2 Å². The van der Waals surface area contributed by atoms with Gasteiger partial charge in [-0.1, -0.05) is 12.5 Å². The number of carbonyl (C=O) groups is 1. The molecule has 0 unspecified atom stereocenters. The Hall–Kier alpha value is -2.14. The molecule has 1 aromatic carbocycles. The maximum absolute atomic E-state index is 12.5. The van der Waals surface area contributed by atoms with Gasteiger partial charge in [0.15, 0.2) is 0 Å². The molecule has 2 aliphatic rings. The first kappa shape index (κ1) is 16.3. The van der Waals surface area contributed by atoms with Gasteiger partial charge in [0.25, 0.3) is 5.91 Å². The summed E-state index contributed by atoms with van der Waals surface area (Å²) in [5.41, 5.74) is 4.38. The van der Waals surface area contributed by atoms with Crippen molar-refractivity contribution < 1.29 is 4.79 Å². The van der Waals surface area contributed by atoms with Crippen LogP contribution in [0.1, 0.15) is 46.4 Å². The van der Waals surface area contributed by atoms with E-state index < -0.39 is 0 Å². The van der Waals surface area contributed by atoms with Crippen molar-refractivity contribution in [2.45, 2.75) is 44.7 Å². The molecule has 1 fully saturated rings. The average molecular weight is 338 g/mol. The molecule has 0 radical (unpaired) electrons. The highest BCUT2D eigenvalue weighted by Gasteiger charge is 2.26. The third kappa shape index (κ3) is 3.61. The number of hydrogen-bond donors (Lipinski definition) is 1. The van der Waals surface area contributed by atoms with Crippen LogP contribution in [-0.2, 0) is 26.4 Å². The van der Waals surface area contributed by atoms with Crippen LogP contribution in [0, 0.1) is 0 Å². The number of nitrogens with zero attached hydrogens (tertiary/aromatic N) is 3. The maximum atomic E-state index is 12.5. The van der Waals surface area contributed by atoms with Crippen LogP contribution in [0.3, 0.4) is 0 Å². The van der Waals surface area contributed by atoms with Crippen molar-refractivity contribution in [1.29, 1.82) is 0 Å². The van der Waals surface area contributed by atoms with E-state index in [4.69, 9.17) is 0 Å². The van der Waals surface area contributed by atoms with E-state index in [1.165, 1.54) is 30.4 Å². The Kier molecular flexibility index (Phi) is 4.57. The number of amides is 1. The van der Waals surface area contributed by atoms with Crippen LogP contribution in [0.5, 0.6) is 0 Å². The summed E-state index contributed by atoms with van der Waals surface area (Å²) in [6.45, 7) is 2.74. The molecule has 1 N–H and O–H groups in total. The minimum Gasteiger partial charge on any atom is -0.346 e. The highest BCUT2D eigenvalue weighted by Crippen LogP contribution is 2.27. The third-order valence-electron chi connectivity index (χ3n) is 5.58. The van der Waals surface area contributed by atoms with Crippen LogP contribution in [0.2, 0.25) is 0 Å². The highest BCUT2D eigenvalue weighted by atomic mass is 16.1. The van der Waals surface area contributed by atoms with Crippen molar-refractivity contribution in [2.24, 2.45) is 7.05 Å². The van der Waals surface area contributed by atoms with Gasteiger partial charge >= 0.3 is 0 Å². The normalized spacial score (nSPS) is 18.3. The lowest BCUT2D eigenvalue weighted by Crippen LogP contribution is -2.41. The predicted octanol–water partition coefficient (Wildman–Crippen LogP) is 2.30. The van der Waals surface area contributed by atoms with Crippen molar-refractivity contribution in [3.8, 4) is 0 Å². The van der Waals surface area contributed by atoms with Crippen molar-refractivity contribution in [1.82, 2.24) is 19.8 Å². The average Bonchev–Trinajstić information content (AvgIpc) is 2.87. The van der Waals surface area contributed by atoms with Crippen LogP contribution in [0.4, 0.5) is 0 Å². The fourth-order valence-electron chi connectivity index (χ4n) is 3.83. The Morgan fingerprint density at radius 1 is 1.24 bits per heavy atom. The van der Waals surface area contributed by atoms with Gasteiger partial charge in [0.1, 0.15) is 0 Å². The van der Waals surface area contributed by atoms with E-state index in [0.29, 0.717) is 6.54 Å². The van der Waals surface area contributed by atoms with Gasteiger partial charge < -0.3 is 9.88 Å². The molecule has 0 saturated heterocycles. The Balaban J connectivity index is 1.40. The third-order valence-corrected chi connectivity index (χ3v) is 5.58. The first-order valence-electron chi connectivity index (χ1n) is 9.30. The fourth-order valence-corrected chi connectivity index (χ4v) is 3.83. The first-order valence-corrected chi connectivity index (χ1v) is 9.30. The van der Waals surface area contributed by atoms with Crippen molar-refractivity contribution >= 4 is 5.91 Å². The van der Waals surface area contributed by atoms with E-state index in [-0.39, 0.29) is 5.91 Å². The number of carbonyl (C=O) groups excluding carboxylic acids is 1. The monoisotopic (exact) mass is 338 g/mol. The van der Waals surface area contributed by atoms with E-state index in [9.17, 15) is 4.79 Å².